The number of halogens is 2. The van der Waals surface area contributed by atoms with Gasteiger partial charge in [-0.25, -0.2) is 0 Å². The van der Waals surface area contributed by atoms with Gasteiger partial charge >= 0.3 is 0 Å². The van der Waals surface area contributed by atoms with Gasteiger partial charge < -0.3 is 9.26 Å². The summed E-state index contributed by atoms with van der Waals surface area (Å²) in [7, 11) is 0. The number of benzene rings is 2. The topological polar surface area (TPSA) is 35.3 Å². The maximum atomic E-state index is 6.39. The third-order valence-electron chi connectivity index (χ3n) is 4.68. The van der Waals surface area contributed by atoms with Crippen LogP contribution < -0.4 is 4.74 Å². The first-order valence-electron chi connectivity index (χ1n) is 8.89. The molecule has 0 aliphatic heterocycles. The molecule has 3 aromatic rings. The Labute approximate surface area is 168 Å². The van der Waals surface area contributed by atoms with E-state index < -0.39 is 0 Å². The highest BCUT2D eigenvalue weighted by molar-refractivity contribution is 6.39. The van der Waals surface area contributed by atoms with Gasteiger partial charge in [0.15, 0.2) is 0 Å². The van der Waals surface area contributed by atoms with Crippen LogP contribution in [-0.4, -0.2) is 5.16 Å². The fourth-order valence-corrected chi connectivity index (χ4v) is 3.88. The molecule has 4 rings (SSSR count). The van der Waals surface area contributed by atoms with Crippen molar-refractivity contribution in [1.29, 1.82) is 0 Å². The lowest BCUT2D eigenvalue weighted by atomic mass is 10.0. The zero-order valence-electron chi connectivity index (χ0n) is 15.1. The van der Waals surface area contributed by atoms with Crippen molar-refractivity contribution in [3.05, 3.63) is 75.0 Å². The molecule has 0 fully saturated rings. The van der Waals surface area contributed by atoms with Crippen LogP contribution in [0.5, 0.6) is 5.75 Å². The van der Waals surface area contributed by atoms with Crippen molar-refractivity contribution < 1.29 is 9.26 Å². The minimum absolute atomic E-state index is 0.161. The molecule has 138 valence electrons. The number of fused-ring (bicyclic) bond motifs is 1. The molecule has 0 radical (unpaired) electrons. The predicted molar refractivity (Wildman–Crippen MR) is 110 cm³/mol. The molecule has 5 heteroatoms. The lowest BCUT2D eigenvalue weighted by molar-refractivity contribution is 0.298. The molecule has 1 aliphatic rings. The summed E-state index contributed by atoms with van der Waals surface area (Å²) >= 11 is 12.8. The summed E-state index contributed by atoms with van der Waals surface area (Å²) in [5.74, 6) is 1.75. The van der Waals surface area contributed by atoms with E-state index in [1.54, 1.807) is 12.1 Å². The van der Waals surface area contributed by atoms with Gasteiger partial charge in [-0.15, -0.1) is 0 Å². The van der Waals surface area contributed by atoms with Gasteiger partial charge in [0.2, 0.25) is 0 Å². The van der Waals surface area contributed by atoms with E-state index >= 15 is 0 Å². The van der Waals surface area contributed by atoms with E-state index in [1.165, 1.54) is 11.1 Å². The van der Waals surface area contributed by atoms with Crippen LogP contribution >= 0.6 is 23.2 Å². The molecule has 0 bridgehead atoms. The van der Waals surface area contributed by atoms with Crippen LogP contribution in [0.3, 0.4) is 0 Å². The summed E-state index contributed by atoms with van der Waals surface area (Å²) in [5, 5.41) is 5.34. The second kappa shape index (κ2) is 7.41. The fourth-order valence-electron chi connectivity index (χ4n) is 3.31. The quantitative estimate of drug-likeness (QED) is 0.466. The lowest BCUT2D eigenvalue weighted by Crippen LogP contribution is -2.01. The molecule has 27 heavy (non-hydrogen) atoms. The first-order valence-corrected chi connectivity index (χ1v) is 9.65. The summed E-state index contributed by atoms with van der Waals surface area (Å²) in [6.45, 7) is 4.45. The van der Waals surface area contributed by atoms with E-state index in [0.29, 0.717) is 27.9 Å². The van der Waals surface area contributed by atoms with Crippen LogP contribution in [0.2, 0.25) is 10.0 Å². The zero-order valence-corrected chi connectivity index (χ0v) is 16.6. The second-order valence-corrected chi connectivity index (χ2v) is 7.70. The summed E-state index contributed by atoms with van der Waals surface area (Å²) in [4.78, 5) is 0. The Kier molecular flexibility index (Phi) is 4.98. The molecule has 0 amide bonds. The van der Waals surface area contributed by atoms with E-state index in [-0.39, 0.29) is 5.92 Å². The Morgan fingerprint density at radius 2 is 1.93 bits per heavy atom. The highest BCUT2D eigenvalue weighted by Gasteiger charge is 2.23. The fraction of sp³-hybridized carbons (Fsp3) is 0.227. The van der Waals surface area contributed by atoms with E-state index in [2.05, 4.69) is 43.3 Å². The van der Waals surface area contributed by atoms with Gasteiger partial charge in [0, 0.05) is 11.5 Å². The molecule has 0 saturated carbocycles. The molecule has 0 N–H and O–H groups in total. The highest BCUT2D eigenvalue weighted by atomic mass is 35.5. The number of rotatable bonds is 5. The molecule has 1 aliphatic carbocycles. The van der Waals surface area contributed by atoms with Gasteiger partial charge in [0.05, 0.1) is 15.6 Å². The van der Waals surface area contributed by atoms with Gasteiger partial charge in [0.1, 0.15) is 23.8 Å². The standard InChI is InChI=1S/C22H19Cl2NO2/c1-13(2)22-17(12-26-16-10-9-14-5-3-6-15(14)11-16)21(25-27-22)20-18(23)7-4-8-19(20)24/h3-4,6-11,13H,5,12H2,1-2H3. The molecule has 2 aromatic carbocycles. The van der Waals surface area contributed by atoms with Crippen LogP contribution in [-0.2, 0) is 13.0 Å². The molecular weight excluding hydrogens is 381 g/mol. The molecule has 1 heterocycles. The van der Waals surface area contributed by atoms with Crippen molar-refractivity contribution in [1.82, 2.24) is 5.16 Å². The second-order valence-electron chi connectivity index (χ2n) is 6.88. The first kappa shape index (κ1) is 18.1. The first-order chi connectivity index (χ1) is 13.0. The molecule has 0 saturated heterocycles. The van der Waals surface area contributed by atoms with Crippen molar-refractivity contribution >= 4 is 29.3 Å². The SMILES string of the molecule is CC(C)c1onc(-c2c(Cl)cccc2Cl)c1COc1ccc2c(c1)C=CC2. The Morgan fingerprint density at radius 1 is 1.15 bits per heavy atom. The molecular formula is C22H19Cl2NO2. The Hall–Kier alpha value is -2.23. The van der Waals surface area contributed by atoms with E-state index in [9.17, 15) is 0 Å². The Balaban J connectivity index is 1.69. The molecule has 0 unspecified atom stereocenters. The van der Waals surface area contributed by atoms with Crippen molar-refractivity contribution in [3.63, 3.8) is 0 Å². The third-order valence-corrected chi connectivity index (χ3v) is 5.31. The van der Waals surface area contributed by atoms with Crippen LogP contribution in [0.4, 0.5) is 0 Å². The summed E-state index contributed by atoms with van der Waals surface area (Å²) in [6.07, 6.45) is 5.26. The monoisotopic (exact) mass is 399 g/mol. The average molecular weight is 400 g/mol. The van der Waals surface area contributed by atoms with Gasteiger partial charge in [-0.2, -0.15) is 0 Å². The highest BCUT2D eigenvalue weighted by Crippen LogP contribution is 2.39. The minimum Gasteiger partial charge on any atom is -0.489 e. The number of allylic oxidation sites excluding steroid dienone is 1. The summed E-state index contributed by atoms with van der Waals surface area (Å²) < 4.78 is 11.7. The Morgan fingerprint density at radius 3 is 2.67 bits per heavy atom. The largest absolute Gasteiger partial charge is 0.489 e. The minimum atomic E-state index is 0.161. The molecule has 0 spiro atoms. The van der Waals surface area contributed by atoms with Crippen LogP contribution in [0.1, 0.15) is 42.2 Å². The lowest BCUT2D eigenvalue weighted by Gasteiger charge is -2.11. The van der Waals surface area contributed by atoms with E-state index in [1.807, 2.05) is 12.1 Å². The van der Waals surface area contributed by atoms with Crippen molar-refractivity contribution in [2.24, 2.45) is 0 Å². The maximum Gasteiger partial charge on any atom is 0.146 e. The van der Waals surface area contributed by atoms with Crippen molar-refractivity contribution in [2.75, 3.05) is 0 Å². The van der Waals surface area contributed by atoms with Gasteiger partial charge in [-0.1, -0.05) is 66.5 Å². The number of aromatic nitrogens is 1. The van der Waals surface area contributed by atoms with E-state index in [0.717, 1.165) is 23.5 Å². The summed E-state index contributed by atoms with van der Waals surface area (Å²) in [6, 6.07) is 11.6. The number of hydrogen-bond donors (Lipinski definition) is 0. The van der Waals surface area contributed by atoms with Crippen LogP contribution in [0, 0.1) is 0 Å². The van der Waals surface area contributed by atoms with Crippen LogP contribution in [0.15, 0.2) is 47.0 Å². The number of hydrogen-bond acceptors (Lipinski definition) is 3. The van der Waals surface area contributed by atoms with Gasteiger partial charge in [0.25, 0.3) is 0 Å². The van der Waals surface area contributed by atoms with Gasteiger partial charge in [-0.3, -0.25) is 0 Å². The smallest absolute Gasteiger partial charge is 0.146 e. The maximum absolute atomic E-state index is 6.39. The predicted octanol–water partition coefficient (Wildman–Crippen LogP) is 6.92. The van der Waals surface area contributed by atoms with Crippen LogP contribution in [0.25, 0.3) is 17.3 Å². The van der Waals surface area contributed by atoms with Crippen molar-refractivity contribution in [2.45, 2.75) is 32.8 Å². The zero-order chi connectivity index (χ0) is 19.0. The summed E-state index contributed by atoms with van der Waals surface area (Å²) in [5.41, 5.74) is 4.70. The molecule has 1 aromatic heterocycles. The number of ether oxygens (including phenoxy) is 1. The Bertz CT molecular complexity index is 1000. The number of nitrogens with zero attached hydrogens (tertiary/aromatic N) is 1. The van der Waals surface area contributed by atoms with Crippen molar-refractivity contribution in [3.8, 4) is 17.0 Å². The van der Waals surface area contributed by atoms with Gasteiger partial charge in [-0.05, 0) is 41.8 Å². The third kappa shape index (κ3) is 3.50. The molecule has 0 atom stereocenters. The normalized spacial score (nSPS) is 12.6. The van der Waals surface area contributed by atoms with E-state index in [4.69, 9.17) is 32.5 Å². The molecule has 3 nitrogen and oxygen atoms in total. The average Bonchev–Trinajstić information content (AvgIpc) is 3.26.